The lowest BCUT2D eigenvalue weighted by Crippen LogP contribution is -2.51. The Hall–Kier alpha value is -4.63. The van der Waals surface area contributed by atoms with Crippen LogP contribution >= 0.6 is 0 Å². The number of carbonyl (C=O) groups is 2. The van der Waals surface area contributed by atoms with E-state index in [9.17, 15) is 9.59 Å². The Morgan fingerprint density at radius 1 is 1.08 bits per heavy atom. The van der Waals surface area contributed by atoms with Gasteiger partial charge in [-0.15, -0.1) is 0 Å². The van der Waals surface area contributed by atoms with E-state index in [0.29, 0.717) is 6.54 Å². The highest BCUT2D eigenvalue weighted by Crippen LogP contribution is 2.34. The van der Waals surface area contributed by atoms with E-state index in [2.05, 4.69) is 90.1 Å². The van der Waals surface area contributed by atoms with Crippen molar-refractivity contribution in [2.24, 2.45) is 11.7 Å². The molecule has 0 saturated carbocycles. The number of ether oxygens (including phenoxy) is 1. The Labute approximate surface area is 284 Å². The standard InChI is InChI=1S/C39H50N6O3/c1-6-11-31(12-8-9-20-40)41-32(7-2)30-17-16-26-22-27(14-15-28(26)23-30)29-18-19-33-34(24-29)43-37(42-33)35-13-10-21-45(35)38(46)36(25(3)4)44-39(47)48-5/h7,11,14-19,22-25,35-36,41H,6,8-10,12-13,20-21,40H2,1-5H3,(H,42,43)(H,44,47)/b31-11+,32-7-. The summed E-state index contributed by atoms with van der Waals surface area (Å²) in [6.45, 7) is 9.42. The summed E-state index contributed by atoms with van der Waals surface area (Å²) in [4.78, 5) is 35.8. The number of rotatable bonds is 13. The predicted molar refractivity (Wildman–Crippen MR) is 195 cm³/mol. The lowest BCUT2D eigenvalue weighted by Gasteiger charge is -2.29. The number of aromatic nitrogens is 2. The van der Waals surface area contributed by atoms with Crippen molar-refractivity contribution in [3.8, 4) is 11.1 Å². The third-order valence-corrected chi connectivity index (χ3v) is 9.16. The quantitative estimate of drug-likeness (QED) is 0.109. The number of benzene rings is 3. The SMILES string of the molecule is C/C=C(\N/C(=C/CC)CCCCN)c1ccc2cc(-c3ccc4nc(C5CCCN5C(=O)C(NC(=O)OC)C(C)C)[nH]c4c3)ccc2c1. The summed E-state index contributed by atoms with van der Waals surface area (Å²) in [5, 5.41) is 8.75. The number of allylic oxidation sites excluding steroid dienone is 3. The van der Waals surface area contributed by atoms with Crippen molar-refractivity contribution in [3.05, 3.63) is 83.8 Å². The first kappa shape index (κ1) is 34.7. The van der Waals surface area contributed by atoms with Gasteiger partial charge in [0.1, 0.15) is 11.9 Å². The van der Waals surface area contributed by atoms with Gasteiger partial charge in [0.05, 0.1) is 24.2 Å². The van der Waals surface area contributed by atoms with Gasteiger partial charge in [-0.3, -0.25) is 4.79 Å². The van der Waals surface area contributed by atoms with Crippen LogP contribution in [-0.4, -0.2) is 53.1 Å². The molecule has 48 heavy (non-hydrogen) atoms. The van der Waals surface area contributed by atoms with Gasteiger partial charge in [-0.25, -0.2) is 9.78 Å². The molecule has 4 aromatic rings. The lowest BCUT2D eigenvalue weighted by atomic mass is 9.98. The monoisotopic (exact) mass is 650 g/mol. The van der Waals surface area contributed by atoms with Crippen LogP contribution in [0.4, 0.5) is 4.79 Å². The van der Waals surface area contributed by atoms with E-state index in [-0.39, 0.29) is 17.9 Å². The average molecular weight is 651 g/mol. The lowest BCUT2D eigenvalue weighted by molar-refractivity contribution is -0.135. The molecule has 1 aliphatic heterocycles. The van der Waals surface area contributed by atoms with E-state index in [1.54, 1.807) is 0 Å². The second-order valence-corrected chi connectivity index (χ2v) is 12.9. The molecule has 5 N–H and O–H groups in total. The number of hydrogen-bond acceptors (Lipinski definition) is 6. The summed E-state index contributed by atoms with van der Waals surface area (Å²) in [5.74, 6) is 0.569. The van der Waals surface area contributed by atoms with Crippen LogP contribution in [0.3, 0.4) is 0 Å². The Balaban J connectivity index is 1.35. The van der Waals surface area contributed by atoms with Gasteiger partial charge in [0.15, 0.2) is 0 Å². The molecule has 254 valence electrons. The Bertz CT molecular complexity index is 1810. The van der Waals surface area contributed by atoms with Crippen LogP contribution in [0.25, 0.3) is 38.6 Å². The Morgan fingerprint density at radius 2 is 1.83 bits per heavy atom. The molecule has 1 saturated heterocycles. The number of aromatic amines is 1. The van der Waals surface area contributed by atoms with Gasteiger partial charge in [0.2, 0.25) is 5.91 Å². The largest absolute Gasteiger partial charge is 0.453 e. The highest BCUT2D eigenvalue weighted by atomic mass is 16.5. The summed E-state index contributed by atoms with van der Waals surface area (Å²) in [6.07, 6.45) is 9.56. The van der Waals surface area contributed by atoms with E-state index in [1.165, 1.54) is 23.6 Å². The minimum absolute atomic E-state index is 0.0844. The minimum atomic E-state index is -0.666. The summed E-state index contributed by atoms with van der Waals surface area (Å²) < 4.78 is 4.77. The smallest absolute Gasteiger partial charge is 0.407 e. The number of nitrogens with zero attached hydrogens (tertiary/aromatic N) is 2. The molecule has 9 heteroatoms. The van der Waals surface area contributed by atoms with E-state index in [0.717, 1.165) is 84.3 Å². The number of nitrogens with two attached hydrogens (primary N) is 1. The van der Waals surface area contributed by atoms with Crippen molar-refractivity contribution in [1.82, 2.24) is 25.5 Å². The van der Waals surface area contributed by atoms with Crippen molar-refractivity contribution in [3.63, 3.8) is 0 Å². The molecule has 1 aliphatic rings. The van der Waals surface area contributed by atoms with Gasteiger partial charge >= 0.3 is 6.09 Å². The van der Waals surface area contributed by atoms with Crippen LogP contribution in [0, 0.1) is 5.92 Å². The second kappa shape index (κ2) is 16.0. The molecule has 1 fully saturated rings. The number of carbonyl (C=O) groups excluding carboxylic acids is 2. The average Bonchev–Trinajstić information content (AvgIpc) is 3.76. The molecular formula is C39H50N6O3. The number of alkyl carbamates (subject to hydrolysis) is 1. The molecular weight excluding hydrogens is 600 g/mol. The van der Waals surface area contributed by atoms with Crippen LogP contribution in [-0.2, 0) is 9.53 Å². The third kappa shape index (κ3) is 7.90. The maximum absolute atomic E-state index is 13.6. The van der Waals surface area contributed by atoms with E-state index >= 15 is 0 Å². The zero-order valence-corrected chi connectivity index (χ0v) is 28.9. The molecule has 9 nitrogen and oxygen atoms in total. The van der Waals surface area contributed by atoms with E-state index in [1.807, 2.05) is 24.8 Å². The maximum atomic E-state index is 13.6. The number of amides is 2. The fourth-order valence-corrected chi connectivity index (χ4v) is 6.56. The number of hydrogen-bond donors (Lipinski definition) is 4. The first-order valence-electron chi connectivity index (χ1n) is 17.3. The van der Waals surface area contributed by atoms with Gasteiger partial charge in [-0.1, -0.05) is 63.3 Å². The summed E-state index contributed by atoms with van der Waals surface area (Å²) >= 11 is 0. The molecule has 2 heterocycles. The van der Waals surface area contributed by atoms with Gasteiger partial charge in [0, 0.05) is 17.9 Å². The Kier molecular flexibility index (Phi) is 11.5. The number of methoxy groups -OCH3 is 1. The van der Waals surface area contributed by atoms with Crippen molar-refractivity contribution >= 4 is 39.5 Å². The first-order valence-corrected chi connectivity index (χ1v) is 17.3. The number of unbranched alkanes of at least 4 members (excludes halogenated alkanes) is 1. The van der Waals surface area contributed by atoms with Gasteiger partial charge < -0.3 is 31.0 Å². The number of likely N-dealkylation sites (tertiary alicyclic amines) is 1. The first-order chi connectivity index (χ1) is 23.3. The fourth-order valence-electron chi connectivity index (χ4n) is 6.56. The third-order valence-electron chi connectivity index (χ3n) is 9.16. The normalized spacial score (nSPS) is 16.1. The van der Waals surface area contributed by atoms with E-state index in [4.69, 9.17) is 15.5 Å². The molecule has 5 rings (SSSR count). The van der Waals surface area contributed by atoms with Crippen molar-refractivity contribution < 1.29 is 14.3 Å². The molecule has 2 atom stereocenters. The number of fused-ring (bicyclic) bond motifs is 2. The number of nitrogens with one attached hydrogen (secondary N) is 3. The molecule has 3 aromatic carbocycles. The van der Waals surface area contributed by atoms with Crippen molar-refractivity contribution in [2.75, 3.05) is 20.2 Å². The summed E-state index contributed by atoms with van der Waals surface area (Å²) in [6, 6.07) is 18.6. The van der Waals surface area contributed by atoms with E-state index < -0.39 is 12.1 Å². The van der Waals surface area contributed by atoms with Crippen LogP contribution in [0.5, 0.6) is 0 Å². The highest BCUT2D eigenvalue weighted by Gasteiger charge is 2.37. The topological polar surface area (TPSA) is 125 Å². The van der Waals surface area contributed by atoms with Gasteiger partial charge in [-0.05, 0) is 110 Å². The summed E-state index contributed by atoms with van der Waals surface area (Å²) in [5.41, 5.74) is 13.2. The second-order valence-electron chi connectivity index (χ2n) is 12.9. The fraction of sp³-hybridized carbons (Fsp3) is 0.410. The Morgan fingerprint density at radius 3 is 2.56 bits per heavy atom. The van der Waals surface area contributed by atoms with Gasteiger partial charge in [-0.2, -0.15) is 0 Å². The predicted octanol–water partition coefficient (Wildman–Crippen LogP) is 7.80. The zero-order chi connectivity index (χ0) is 34.2. The molecule has 0 spiro atoms. The highest BCUT2D eigenvalue weighted by molar-refractivity contribution is 5.91. The molecule has 2 amide bonds. The van der Waals surface area contributed by atoms with Crippen LogP contribution in [0.1, 0.15) is 83.6 Å². The molecule has 0 radical (unpaired) electrons. The van der Waals surface area contributed by atoms with Crippen molar-refractivity contribution in [1.29, 1.82) is 0 Å². The summed E-state index contributed by atoms with van der Waals surface area (Å²) in [7, 11) is 1.30. The molecule has 0 aliphatic carbocycles. The van der Waals surface area contributed by atoms with Crippen LogP contribution < -0.4 is 16.4 Å². The molecule has 0 bridgehead atoms. The molecule has 2 unspecified atom stereocenters. The number of imidazole rings is 1. The van der Waals surface area contributed by atoms with Crippen LogP contribution in [0.2, 0.25) is 0 Å². The molecule has 1 aromatic heterocycles. The number of H-pyrrole nitrogens is 1. The zero-order valence-electron chi connectivity index (χ0n) is 28.9. The van der Waals surface area contributed by atoms with Crippen molar-refractivity contribution in [2.45, 2.75) is 78.3 Å². The maximum Gasteiger partial charge on any atom is 0.407 e. The minimum Gasteiger partial charge on any atom is -0.453 e. The van der Waals surface area contributed by atoms with Gasteiger partial charge in [0.25, 0.3) is 0 Å². The van der Waals surface area contributed by atoms with Crippen LogP contribution in [0.15, 0.2) is 72.4 Å².